The van der Waals surface area contributed by atoms with Gasteiger partial charge in [0.2, 0.25) is 0 Å². The Balaban J connectivity index is 2.35. The Hall–Kier alpha value is -1.55. The molecule has 0 heterocycles. The zero-order chi connectivity index (χ0) is 13.5. The quantitative estimate of drug-likeness (QED) is 0.755. The molecule has 0 radical (unpaired) electrons. The number of nitrogens with zero attached hydrogens (tertiary/aromatic N) is 1. The molecule has 0 bridgehead atoms. The lowest BCUT2D eigenvalue weighted by Gasteiger charge is -2.23. The van der Waals surface area contributed by atoms with E-state index in [1.54, 1.807) is 24.3 Å². The number of hydrogen-bond donors (Lipinski definition) is 2. The monoisotopic (exact) mass is 249 g/mol. The molecule has 100 valence electrons. The summed E-state index contributed by atoms with van der Waals surface area (Å²) >= 11 is 0. The van der Waals surface area contributed by atoms with E-state index in [2.05, 4.69) is 31.1 Å². The summed E-state index contributed by atoms with van der Waals surface area (Å²) in [7, 11) is 2.07. The maximum atomic E-state index is 11.8. The second-order valence-corrected chi connectivity index (χ2v) is 4.62. The third-order valence-electron chi connectivity index (χ3n) is 3.27. The number of amides is 1. The number of rotatable bonds is 6. The first-order valence-electron chi connectivity index (χ1n) is 6.38. The van der Waals surface area contributed by atoms with Crippen molar-refractivity contribution >= 4 is 11.6 Å². The number of nitrogens with two attached hydrogens (primary N) is 1. The molecular formula is C14H23N3O. The van der Waals surface area contributed by atoms with Crippen LogP contribution in [-0.2, 0) is 0 Å². The smallest absolute Gasteiger partial charge is 0.251 e. The Bertz CT molecular complexity index is 375. The molecule has 1 unspecified atom stereocenters. The first-order chi connectivity index (χ1) is 8.54. The van der Waals surface area contributed by atoms with Crippen LogP contribution >= 0.6 is 0 Å². The molecule has 18 heavy (non-hydrogen) atoms. The largest absolute Gasteiger partial charge is 0.399 e. The van der Waals surface area contributed by atoms with E-state index in [1.807, 2.05) is 0 Å². The van der Waals surface area contributed by atoms with Crippen LogP contribution < -0.4 is 11.1 Å². The van der Waals surface area contributed by atoms with E-state index < -0.39 is 0 Å². The van der Waals surface area contributed by atoms with Crippen molar-refractivity contribution in [2.45, 2.75) is 26.3 Å². The summed E-state index contributed by atoms with van der Waals surface area (Å²) in [5.74, 6) is -0.0486. The van der Waals surface area contributed by atoms with Crippen molar-refractivity contribution in [1.82, 2.24) is 10.2 Å². The average Bonchev–Trinajstić information content (AvgIpc) is 2.38. The molecule has 0 aromatic heterocycles. The van der Waals surface area contributed by atoms with Crippen LogP contribution in [-0.4, -0.2) is 37.0 Å². The number of likely N-dealkylation sites (N-methyl/N-ethyl adjacent to an activating group) is 1. The maximum absolute atomic E-state index is 11.8. The van der Waals surface area contributed by atoms with Crippen LogP contribution in [0.15, 0.2) is 24.3 Å². The summed E-state index contributed by atoms with van der Waals surface area (Å²) in [6.07, 6.45) is 1.11. The van der Waals surface area contributed by atoms with Gasteiger partial charge < -0.3 is 16.0 Å². The summed E-state index contributed by atoms with van der Waals surface area (Å²) in [4.78, 5) is 14.0. The third kappa shape index (κ3) is 4.37. The summed E-state index contributed by atoms with van der Waals surface area (Å²) in [6.45, 7) is 5.86. The van der Waals surface area contributed by atoms with Crippen LogP contribution in [0.2, 0.25) is 0 Å². The molecule has 1 rings (SSSR count). The molecule has 0 saturated carbocycles. The topological polar surface area (TPSA) is 58.4 Å². The summed E-state index contributed by atoms with van der Waals surface area (Å²) < 4.78 is 0. The number of carbonyl (C=O) groups is 1. The van der Waals surface area contributed by atoms with Crippen molar-refractivity contribution in [3.63, 3.8) is 0 Å². The molecule has 4 nitrogen and oxygen atoms in total. The highest BCUT2D eigenvalue weighted by atomic mass is 16.1. The van der Waals surface area contributed by atoms with Gasteiger partial charge in [-0.25, -0.2) is 0 Å². The highest BCUT2D eigenvalue weighted by Crippen LogP contribution is 2.05. The molecule has 0 aliphatic heterocycles. The van der Waals surface area contributed by atoms with Gasteiger partial charge in [0, 0.05) is 30.4 Å². The number of hydrogen-bond acceptors (Lipinski definition) is 3. The predicted octanol–water partition coefficient (Wildman–Crippen LogP) is 1.73. The molecule has 3 N–H and O–H groups in total. The molecule has 0 saturated heterocycles. The average molecular weight is 249 g/mol. The van der Waals surface area contributed by atoms with Gasteiger partial charge in [0.25, 0.3) is 5.91 Å². The first kappa shape index (κ1) is 14.5. The van der Waals surface area contributed by atoms with E-state index in [1.165, 1.54) is 0 Å². The number of benzene rings is 1. The number of carbonyl (C=O) groups excluding carboxylic acids is 1. The van der Waals surface area contributed by atoms with Crippen molar-refractivity contribution in [2.24, 2.45) is 0 Å². The first-order valence-corrected chi connectivity index (χ1v) is 6.38. The molecule has 0 spiro atoms. The fourth-order valence-electron chi connectivity index (χ4n) is 1.61. The number of nitrogen functional groups attached to an aromatic ring is 1. The maximum Gasteiger partial charge on any atom is 0.251 e. The van der Waals surface area contributed by atoms with Crippen molar-refractivity contribution in [3.05, 3.63) is 29.8 Å². The van der Waals surface area contributed by atoms with E-state index in [9.17, 15) is 4.79 Å². The van der Waals surface area contributed by atoms with Crippen molar-refractivity contribution in [1.29, 1.82) is 0 Å². The Labute approximate surface area is 109 Å². The van der Waals surface area contributed by atoms with Gasteiger partial charge in [-0.05, 0) is 44.7 Å². The van der Waals surface area contributed by atoms with Crippen LogP contribution in [0.3, 0.4) is 0 Å². The Kier molecular flexibility index (Phi) is 5.65. The van der Waals surface area contributed by atoms with E-state index in [-0.39, 0.29) is 5.91 Å². The van der Waals surface area contributed by atoms with Gasteiger partial charge >= 0.3 is 0 Å². The Morgan fingerprint density at radius 3 is 2.56 bits per heavy atom. The second-order valence-electron chi connectivity index (χ2n) is 4.62. The second kappa shape index (κ2) is 7.01. The van der Waals surface area contributed by atoms with E-state index in [4.69, 9.17) is 5.73 Å². The molecule has 0 fully saturated rings. The molecule has 1 amide bonds. The normalized spacial score (nSPS) is 12.4. The molecule has 1 atom stereocenters. The highest BCUT2D eigenvalue weighted by molar-refractivity contribution is 5.94. The lowest BCUT2D eigenvalue weighted by atomic mass is 10.2. The minimum atomic E-state index is -0.0486. The zero-order valence-electron chi connectivity index (χ0n) is 11.4. The molecule has 1 aromatic carbocycles. The molecular weight excluding hydrogens is 226 g/mol. The van der Waals surface area contributed by atoms with E-state index in [0.717, 1.165) is 13.0 Å². The zero-order valence-corrected chi connectivity index (χ0v) is 11.4. The Morgan fingerprint density at radius 2 is 2.00 bits per heavy atom. The minimum Gasteiger partial charge on any atom is -0.399 e. The summed E-state index contributed by atoms with van der Waals surface area (Å²) in [5, 5.41) is 2.91. The fourth-order valence-corrected chi connectivity index (χ4v) is 1.61. The van der Waals surface area contributed by atoms with Gasteiger partial charge in [0.15, 0.2) is 0 Å². The van der Waals surface area contributed by atoms with Gasteiger partial charge in [-0.15, -0.1) is 0 Å². The van der Waals surface area contributed by atoms with Crippen LogP contribution in [0.1, 0.15) is 30.6 Å². The van der Waals surface area contributed by atoms with Crippen molar-refractivity contribution < 1.29 is 4.79 Å². The third-order valence-corrected chi connectivity index (χ3v) is 3.27. The van der Waals surface area contributed by atoms with Gasteiger partial charge in [0.05, 0.1) is 0 Å². The lowest BCUT2D eigenvalue weighted by Crippen LogP contribution is -2.37. The molecule has 1 aromatic rings. The van der Waals surface area contributed by atoms with Crippen molar-refractivity contribution in [2.75, 3.05) is 25.9 Å². The molecule has 0 aliphatic carbocycles. The van der Waals surface area contributed by atoms with Crippen molar-refractivity contribution in [3.8, 4) is 0 Å². The SMILES string of the molecule is CCC(C)N(C)CCNC(=O)c1ccc(N)cc1. The number of anilines is 1. The van der Waals surface area contributed by atoms with Gasteiger partial charge in [-0.2, -0.15) is 0 Å². The summed E-state index contributed by atoms with van der Waals surface area (Å²) in [5.41, 5.74) is 6.89. The predicted molar refractivity (Wildman–Crippen MR) is 75.6 cm³/mol. The molecule has 0 aliphatic rings. The van der Waals surface area contributed by atoms with Gasteiger partial charge in [-0.3, -0.25) is 4.79 Å². The van der Waals surface area contributed by atoms with Crippen LogP contribution in [0.4, 0.5) is 5.69 Å². The summed E-state index contributed by atoms with van der Waals surface area (Å²) in [6, 6.07) is 7.49. The van der Waals surface area contributed by atoms with Crippen LogP contribution in [0.25, 0.3) is 0 Å². The highest BCUT2D eigenvalue weighted by Gasteiger charge is 2.08. The van der Waals surface area contributed by atoms with Crippen LogP contribution in [0, 0.1) is 0 Å². The van der Waals surface area contributed by atoms with Gasteiger partial charge in [0.1, 0.15) is 0 Å². The van der Waals surface area contributed by atoms with E-state index in [0.29, 0.717) is 23.8 Å². The number of nitrogens with one attached hydrogen (secondary N) is 1. The standard InChI is InChI=1S/C14H23N3O/c1-4-11(2)17(3)10-9-16-14(18)12-5-7-13(15)8-6-12/h5-8,11H,4,9-10,15H2,1-3H3,(H,16,18). The van der Waals surface area contributed by atoms with Gasteiger partial charge in [-0.1, -0.05) is 6.92 Å². The van der Waals surface area contributed by atoms with E-state index >= 15 is 0 Å². The fraction of sp³-hybridized carbons (Fsp3) is 0.500. The Morgan fingerprint density at radius 1 is 1.39 bits per heavy atom. The van der Waals surface area contributed by atoms with Crippen LogP contribution in [0.5, 0.6) is 0 Å². The lowest BCUT2D eigenvalue weighted by molar-refractivity contribution is 0.0947. The minimum absolute atomic E-state index is 0.0486. The molecule has 4 heteroatoms.